The smallest absolute Gasteiger partial charge is 0.312 e. The molecule has 5 saturated carbocycles. The second-order valence-corrected chi connectivity index (χ2v) is 17.3. The number of hydrogen-bond donors (Lipinski definition) is 0. The van der Waals surface area contributed by atoms with Gasteiger partial charge >= 0.3 is 17.9 Å². The van der Waals surface area contributed by atoms with Crippen molar-refractivity contribution in [1.29, 1.82) is 0 Å². The lowest BCUT2D eigenvalue weighted by atomic mass is 9.32. The Kier molecular flexibility index (Phi) is 8.78. The summed E-state index contributed by atoms with van der Waals surface area (Å²) >= 11 is 0. The van der Waals surface area contributed by atoms with E-state index < -0.39 is 10.8 Å². The molecule has 0 aliphatic heterocycles. The molecular formula is C41H58O6. The van der Waals surface area contributed by atoms with E-state index in [4.69, 9.17) is 14.2 Å². The van der Waals surface area contributed by atoms with Gasteiger partial charge in [-0.25, -0.2) is 0 Å². The first-order valence-corrected chi connectivity index (χ1v) is 18.3. The predicted octanol–water partition coefficient (Wildman–Crippen LogP) is 8.86. The van der Waals surface area contributed by atoms with Gasteiger partial charge in [0.1, 0.15) is 19.3 Å². The highest BCUT2D eigenvalue weighted by Crippen LogP contribution is 2.77. The van der Waals surface area contributed by atoms with Crippen molar-refractivity contribution in [2.45, 2.75) is 125 Å². The van der Waals surface area contributed by atoms with Crippen LogP contribution < -0.4 is 0 Å². The van der Waals surface area contributed by atoms with Crippen LogP contribution >= 0.6 is 0 Å². The number of carbonyl (C=O) groups is 3. The number of rotatable bonds is 7. The van der Waals surface area contributed by atoms with Crippen molar-refractivity contribution >= 4 is 17.9 Å². The molecule has 0 heterocycles. The van der Waals surface area contributed by atoms with Crippen LogP contribution in [0.25, 0.3) is 0 Å². The summed E-state index contributed by atoms with van der Waals surface area (Å²) in [6.07, 6.45) is 9.67. The molecule has 0 aromatic heterocycles. The number of allylic oxidation sites excluding steroid dienone is 1. The molecule has 5 fully saturated rings. The van der Waals surface area contributed by atoms with Gasteiger partial charge in [0.15, 0.2) is 0 Å². The van der Waals surface area contributed by atoms with Crippen molar-refractivity contribution in [1.82, 2.24) is 0 Å². The molecule has 1 aromatic rings. The fourth-order valence-electron chi connectivity index (χ4n) is 13.0. The molecule has 5 aliphatic carbocycles. The minimum atomic E-state index is -0.447. The lowest BCUT2D eigenvalue weighted by Crippen LogP contribution is -2.68. The van der Waals surface area contributed by atoms with Crippen molar-refractivity contribution in [3.8, 4) is 0 Å². The van der Waals surface area contributed by atoms with E-state index >= 15 is 0 Å². The Balaban J connectivity index is 1.32. The van der Waals surface area contributed by atoms with Crippen LogP contribution in [-0.2, 0) is 35.2 Å². The van der Waals surface area contributed by atoms with E-state index in [0.717, 1.165) is 69.8 Å². The lowest BCUT2D eigenvalue weighted by Gasteiger charge is -2.72. The molecule has 11 atom stereocenters. The quantitative estimate of drug-likeness (QED) is 0.167. The van der Waals surface area contributed by atoms with Gasteiger partial charge in [0.25, 0.3) is 0 Å². The maximum atomic E-state index is 14.3. The monoisotopic (exact) mass is 646 g/mol. The Labute approximate surface area is 282 Å². The Hall–Kier alpha value is -2.63. The summed E-state index contributed by atoms with van der Waals surface area (Å²) in [7, 11) is 0. The fraction of sp³-hybridized carbons (Fsp3) is 0.732. The molecule has 0 N–H and O–H groups in total. The minimum absolute atomic E-state index is 0.00475. The number of fused-ring (bicyclic) bond motifs is 7. The standard InChI is InChI=1S/C41H58O6/c1-26(2)30-16-21-41(36(44)45-24-29-12-10-9-11-13-29)23-22-39(7)31(35(30)41)14-15-33-37(5)19-18-34(47-28(4)43)38(6,25-46-27(3)42)32(37)17-20-40(33,39)8/h9-13,30-35H,1,14-25H2,2-8H3/t30-,31?,32?,33?,34-,35?,37-,38-,39+,40+,41-/m0/s1. The first-order valence-electron chi connectivity index (χ1n) is 18.3. The second kappa shape index (κ2) is 12.1. The van der Waals surface area contributed by atoms with Gasteiger partial charge in [-0.1, -0.05) is 70.2 Å². The van der Waals surface area contributed by atoms with Gasteiger partial charge in [-0.2, -0.15) is 0 Å². The number of benzene rings is 1. The highest BCUT2D eigenvalue weighted by atomic mass is 16.6. The van der Waals surface area contributed by atoms with Crippen LogP contribution in [0.1, 0.15) is 118 Å². The number of ether oxygens (including phenoxy) is 3. The molecule has 47 heavy (non-hydrogen) atoms. The second-order valence-electron chi connectivity index (χ2n) is 17.3. The third kappa shape index (κ3) is 5.21. The van der Waals surface area contributed by atoms with Gasteiger partial charge in [0.2, 0.25) is 0 Å². The van der Waals surface area contributed by atoms with Crippen molar-refractivity contribution in [3.05, 3.63) is 48.0 Å². The van der Waals surface area contributed by atoms with E-state index in [1.165, 1.54) is 19.4 Å². The zero-order chi connectivity index (χ0) is 34.0. The number of esters is 3. The number of hydrogen-bond acceptors (Lipinski definition) is 6. The van der Waals surface area contributed by atoms with Crippen LogP contribution in [0.2, 0.25) is 0 Å². The lowest BCUT2D eigenvalue weighted by molar-refractivity contribution is -0.257. The van der Waals surface area contributed by atoms with Crippen molar-refractivity contribution in [2.75, 3.05) is 6.61 Å². The van der Waals surface area contributed by atoms with Crippen LogP contribution in [0.4, 0.5) is 0 Å². The van der Waals surface area contributed by atoms with Gasteiger partial charge in [0.05, 0.1) is 5.41 Å². The zero-order valence-corrected chi connectivity index (χ0v) is 30.0. The normalized spacial score (nSPS) is 43.7. The number of carbonyl (C=O) groups excluding carboxylic acids is 3. The van der Waals surface area contributed by atoms with E-state index in [1.54, 1.807) is 0 Å². The zero-order valence-electron chi connectivity index (χ0n) is 30.0. The molecule has 0 saturated heterocycles. The molecule has 4 unspecified atom stereocenters. The average molecular weight is 647 g/mol. The maximum Gasteiger partial charge on any atom is 0.312 e. The molecule has 5 aliphatic rings. The van der Waals surface area contributed by atoms with E-state index in [-0.39, 0.29) is 58.7 Å². The summed E-state index contributed by atoms with van der Waals surface area (Å²) < 4.78 is 17.9. The molecule has 6 rings (SSSR count). The summed E-state index contributed by atoms with van der Waals surface area (Å²) in [5.74, 6) is 1.23. The molecule has 6 nitrogen and oxygen atoms in total. The highest BCUT2D eigenvalue weighted by Gasteiger charge is 2.72. The topological polar surface area (TPSA) is 78.9 Å². The Morgan fingerprint density at radius 2 is 1.49 bits per heavy atom. The molecule has 0 radical (unpaired) electrons. The van der Waals surface area contributed by atoms with Gasteiger partial charge in [0, 0.05) is 19.3 Å². The third-order valence-electron chi connectivity index (χ3n) is 15.3. The molecule has 258 valence electrons. The van der Waals surface area contributed by atoms with E-state index in [9.17, 15) is 14.4 Å². The first-order chi connectivity index (χ1) is 22.1. The van der Waals surface area contributed by atoms with Crippen molar-refractivity contribution in [3.63, 3.8) is 0 Å². The first kappa shape index (κ1) is 34.2. The van der Waals surface area contributed by atoms with Crippen LogP contribution in [0.5, 0.6) is 0 Å². The maximum absolute atomic E-state index is 14.3. The summed E-state index contributed by atoms with van der Waals surface area (Å²) in [5, 5.41) is 0. The van der Waals surface area contributed by atoms with Crippen LogP contribution in [-0.4, -0.2) is 30.6 Å². The molecular weight excluding hydrogens is 588 g/mol. The van der Waals surface area contributed by atoms with Crippen molar-refractivity contribution < 1.29 is 28.6 Å². The third-order valence-corrected chi connectivity index (χ3v) is 15.3. The molecule has 0 bridgehead atoms. The Bertz CT molecular complexity index is 1400. The van der Waals surface area contributed by atoms with Gasteiger partial charge in [-0.15, -0.1) is 0 Å². The summed E-state index contributed by atoms with van der Waals surface area (Å²) in [6, 6.07) is 10.1. The van der Waals surface area contributed by atoms with Crippen LogP contribution in [0, 0.1) is 56.7 Å². The van der Waals surface area contributed by atoms with E-state index in [0.29, 0.717) is 24.4 Å². The van der Waals surface area contributed by atoms with Crippen LogP contribution in [0.3, 0.4) is 0 Å². The highest BCUT2D eigenvalue weighted by molar-refractivity contribution is 5.78. The van der Waals surface area contributed by atoms with Crippen LogP contribution in [0.15, 0.2) is 42.5 Å². The van der Waals surface area contributed by atoms with E-state index in [2.05, 4.69) is 41.2 Å². The van der Waals surface area contributed by atoms with E-state index in [1.807, 2.05) is 30.3 Å². The summed E-state index contributed by atoms with van der Waals surface area (Å²) in [5.41, 5.74) is 1.56. The average Bonchev–Trinajstić information content (AvgIpc) is 3.42. The summed E-state index contributed by atoms with van der Waals surface area (Å²) in [4.78, 5) is 38.6. The molecule has 0 spiro atoms. The van der Waals surface area contributed by atoms with Gasteiger partial charge in [-0.3, -0.25) is 14.4 Å². The molecule has 1 aromatic carbocycles. The Morgan fingerprint density at radius 1 is 0.766 bits per heavy atom. The minimum Gasteiger partial charge on any atom is -0.465 e. The summed E-state index contributed by atoms with van der Waals surface area (Å²) in [6.45, 7) is 20.1. The molecule has 6 heteroatoms. The largest absolute Gasteiger partial charge is 0.465 e. The van der Waals surface area contributed by atoms with Gasteiger partial charge < -0.3 is 14.2 Å². The Morgan fingerprint density at radius 3 is 2.15 bits per heavy atom. The van der Waals surface area contributed by atoms with Gasteiger partial charge in [-0.05, 0) is 123 Å². The predicted molar refractivity (Wildman–Crippen MR) is 182 cm³/mol. The SMILES string of the molecule is C=C(C)[C@@H]1CC[C@]2(C(=O)OCc3ccccc3)CC[C@]3(C)C(CCC4[C@@]5(C)CC[C@H](OC(C)=O)[C@@](C)(COC(C)=O)C5CC[C@]43C)C12. The fourth-order valence-corrected chi connectivity index (χ4v) is 13.0. The molecule has 0 amide bonds. The van der Waals surface area contributed by atoms with Crippen molar-refractivity contribution in [2.24, 2.45) is 56.7 Å².